The van der Waals surface area contributed by atoms with Gasteiger partial charge in [0.15, 0.2) is 0 Å². The fraction of sp³-hybridized carbons (Fsp3) is 0.500. The van der Waals surface area contributed by atoms with Gasteiger partial charge >= 0.3 is 0 Å². The Kier molecular flexibility index (Phi) is 4.71. The molecule has 1 aliphatic heterocycles. The lowest BCUT2D eigenvalue weighted by Crippen LogP contribution is -2.42. The normalized spacial score (nSPS) is 19.7. The van der Waals surface area contributed by atoms with Gasteiger partial charge in [-0.25, -0.2) is 0 Å². The summed E-state index contributed by atoms with van der Waals surface area (Å²) in [6.45, 7) is 1.63. The van der Waals surface area contributed by atoms with E-state index in [1.807, 2.05) is 12.1 Å². The van der Waals surface area contributed by atoms with E-state index in [1.54, 1.807) is 25.1 Å². The Bertz CT molecular complexity index is 477. The summed E-state index contributed by atoms with van der Waals surface area (Å²) in [5.74, 6) is 0.169. The average Bonchev–Trinajstić information content (AvgIpc) is 2.79. The number of likely N-dealkylation sites (N-methyl/N-ethyl adjacent to an activating group) is 1. The van der Waals surface area contributed by atoms with Gasteiger partial charge in [0.05, 0.1) is 6.04 Å². The summed E-state index contributed by atoms with van der Waals surface area (Å²) in [6, 6.07) is 5.49. The van der Waals surface area contributed by atoms with Crippen LogP contribution in [-0.4, -0.2) is 42.4 Å². The number of hydrogen-bond acceptors (Lipinski definition) is 2. The number of rotatable bonds is 3. The van der Waals surface area contributed by atoms with Gasteiger partial charge in [0.25, 0.3) is 0 Å². The van der Waals surface area contributed by atoms with Crippen molar-refractivity contribution in [2.24, 2.45) is 0 Å². The quantitative estimate of drug-likeness (QED) is 0.856. The maximum atomic E-state index is 12.1. The van der Waals surface area contributed by atoms with Crippen LogP contribution in [-0.2, 0) is 11.3 Å². The SMILES string of the molecule is CN(C)C(=O)C1CCCN1Cc1ccc(Cl)cc1Cl. The molecule has 0 aromatic heterocycles. The van der Waals surface area contributed by atoms with Crippen LogP contribution in [0.15, 0.2) is 18.2 Å². The zero-order valence-corrected chi connectivity index (χ0v) is 12.7. The zero-order chi connectivity index (χ0) is 14.0. The Morgan fingerprint density at radius 1 is 1.42 bits per heavy atom. The fourth-order valence-corrected chi connectivity index (χ4v) is 2.93. The maximum Gasteiger partial charge on any atom is 0.239 e. The van der Waals surface area contributed by atoms with Crippen LogP contribution in [0, 0.1) is 0 Å². The van der Waals surface area contributed by atoms with Crippen LogP contribution in [0.5, 0.6) is 0 Å². The van der Waals surface area contributed by atoms with Crippen LogP contribution in [0.1, 0.15) is 18.4 Å². The molecule has 0 radical (unpaired) electrons. The Morgan fingerprint density at radius 2 is 2.16 bits per heavy atom. The van der Waals surface area contributed by atoms with Crippen molar-refractivity contribution < 1.29 is 4.79 Å². The summed E-state index contributed by atoms with van der Waals surface area (Å²) < 4.78 is 0. The minimum absolute atomic E-state index is 0.0262. The summed E-state index contributed by atoms with van der Waals surface area (Å²) in [4.78, 5) is 16.0. The summed E-state index contributed by atoms with van der Waals surface area (Å²) in [5, 5.41) is 1.30. The van der Waals surface area contributed by atoms with Crippen LogP contribution in [0.25, 0.3) is 0 Å². The second-order valence-electron chi connectivity index (χ2n) is 5.10. The second kappa shape index (κ2) is 6.12. The van der Waals surface area contributed by atoms with Crippen LogP contribution in [0.3, 0.4) is 0 Å². The number of halogens is 2. The van der Waals surface area contributed by atoms with Crippen LogP contribution in [0.2, 0.25) is 10.0 Å². The third-order valence-corrected chi connectivity index (χ3v) is 4.06. The van der Waals surface area contributed by atoms with E-state index >= 15 is 0 Å². The molecule has 1 heterocycles. The molecule has 0 spiro atoms. The molecule has 104 valence electrons. The highest BCUT2D eigenvalue weighted by molar-refractivity contribution is 6.35. The van der Waals surface area contributed by atoms with Gasteiger partial charge in [0, 0.05) is 30.7 Å². The van der Waals surface area contributed by atoms with Gasteiger partial charge in [-0.05, 0) is 37.1 Å². The van der Waals surface area contributed by atoms with Crippen molar-refractivity contribution in [1.82, 2.24) is 9.80 Å². The van der Waals surface area contributed by atoms with Crippen molar-refractivity contribution in [3.8, 4) is 0 Å². The molecular weight excluding hydrogens is 283 g/mol. The number of amides is 1. The first-order chi connectivity index (χ1) is 8.99. The van der Waals surface area contributed by atoms with E-state index in [9.17, 15) is 4.79 Å². The minimum atomic E-state index is -0.0262. The number of nitrogens with zero attached hydrogens (tertiary/aromatic N) is 2. The first-order valence-corrected chi connectivity index (χ1v) is 7.14. The Morgan fingerprint density at radius 3 is 2.79 bits per heavy atom. The predicted octanol–water partition coefficient (Wildman–Crippen LogP) is 3.05. The molecule has 1 fully saturated rings. The van der Waals surface area contributed by atoms with Gasteiger partial charge < -0.3 is 4.90 Å². The molecule has 0 N–H and O–H groups in total. The van der Waals surface area contributed by atoms with Crippen molar-refractivity contribution in [1.29, 1.82) is 0 Å². The Balaban J connectivity index is 2.11. The Labute approximate surface area is 124 Å². The molecule has 1 unspecified atom stereocenters. The molecule has 0 aliphatic carbocycles. The largest absolute Gasteiger partial charge is 0.347 e. The number of hydrogen-bond donors (Lipinski definition) is 0. The summed E-state index contributed by atoms with van der Waals surface area (Å²) in [7, 11) is 3.60. The van der Waals surface area contributed by atoms with Crippen molar-refractivity contribution >= 4 is 29.1 Å². The summed E-state index contributed by atoms with van der Waals surface area (Å²) in [5.41, 5.74) is 1.02. The van der Waals surface area contributed by atoms with Crippen molar-refractivity contribution in [2.45, 2.75) is 25.4 Å². The van der Waals surface area contributed by atoms with Crippen LogP contribution < -0.4 is 0 Å². The van der Waals surface area contributed by atoms with Gasteiger partial charge in [-0.3, -0.25) is 9.69 Å². The average molecular weight is 301 g/mol. The molecule has 0 bridgehead atoms. The standard InChI is InChI=1S/C14H18Cl2N2O/c1-17(2)14(19)13-4-3-7-18(13)9-10-5-6-11(15)8-12(10)16/h5-6,8,13H,3-4,7,9H2,1-2H3. The van der Waals surface area contributed by atoms with E-state index in [-0.39, 0.29) is 11.9 Å². The fourth-order valence-electron chi connectivity index (χ4n) is 2.46. The summed E-state index contributed by atoms with van der Waals surface area (Å²) >= 11 is 12.1. The molecule has 19 heavy (non-hydrogen) atoms. The lowest BCUT2D eigenvalue weighted by molar-refractivity contribution is -0.133. The van der Waals surface area contributed by atoms with Crippen molar-refractivity contribution in [3.63, 3.8) is 0 Å². The molecule has 5 heteroatoms. The number of benzene rings is 1. The van der Waals surface area contributed by atoms with E-state index in [4.69, 9.17) is 23.2 Å². The van der Waals surface area contributed by atoms with Crippen molar-refractivity contribution in [2.75, 3.05) is 20.6 Å². The van der Waals surface area contributed by atoms with E-state index in [2.05, 4.69) is 4.90 Å². The lowest BCUT2D eigenvalue weighted by atomic mass is 10.1. The highest BCUT2D eigenvalue weighted by Gasteiger charge is 2.31. The molecular formula is C14H18Cl2N2O. The van der Waals surface area contributed by atoms with Gasteiger partial charge in [-0.15, -0.1) is 0 Å². The highest BCUT2D eigenvalue weighted by atomic mass is 35.5. The molecule has 0 saturated carbocycles. The maximum absolute atomic E-state index is 12.1. The van der Waals surface area contributed by atoms with Crippen LogP contribution >= 0.6 is 23.2 Å². The molecule has 1 aromatic carbocycles. The van der Waals surface area contributed by atoms with E-state index in [1.165, 1.54) is 0 Å². The zero-order valence-electron chi connectivity index (χ0n) is 11.2. The second-order valence-corrected chi connectivity index (χ2v) is 5.94. The molecule has 1 amide bonds. The number of carbonyl (C=O) groups is 1. The summed E-state index contributed by atoms with van der Waals surface area (Å²) in [6.07, 6.45) is 1.97. The third-order valence-electron chi connectivity index (χ3n) is 3.48. The van der Waals surface area contributed by atoms with E-state index in [0.717, 1.165) is 24.9 Å². The topological polar surface area (TPSA) is 23.6 Å². The van der Waals surface area contributed by atoms with Crippen LogP contribution in [0.4, 0.5) is 0 Å². The highest BCUT2D eigenvalue weighted by Crippen LogP contribution is 2.26. The molecule has 1 aromatic rings. The first kappa shape index (κ1) is 14.6. The minimum Gasteiger partial charge on any atom is -0.347 e. The van der Waals surface area contributed by atoms with Gasteiger partial charge in [-0.2, -0.15) is 0 Å². The van der Waals surface area contributed by atoms with Gasteiger partial charge in [0.2, 0.25) is 5.91 Å². The van der Waals surface area contributed by atoms with Gasteiger partial charge in [-0.1, -0.05) is 29.3 Å². The molecule has 3 nitrogen and oxygen atoms in total. The van der Waals surface area contributed by atoms with Gasteiger partial charge in [0.1, 0.15) is 0 Å². The van der Waals surface area contributed by atoms with E-state index < -0.39 is 0 Å². The molecule has 1 aliphatic rings. The Hall–Kier alpha value is -0.770. The number of likely N-dealkylation sites (tertiary alicyclic amines) is 1. The van der Waals surface area contributed by atoms with E-state index in [0.29, 0.717) is 16.6 Å². The predicted molar refractivity (Wildman–Crippen MR) is 78.6 cm³/mol. The lowest BCUT2D eigenvalue weighted by Gasteiger charge is -2.26. The smallest absolute Gasteiger partial charge is 0.239 e. The molecule has 1 saturated heterocycles. The number of carbonyl (C=O) groups excluding carboxylic acids is 1. The molecule has 1 atom stereocenters. The monoisotopic (exact) mass is 300 g/mol. The third kappa shape index (κ3) is 3.41. The van der Waals surface area contributed by atoms with Crippen molar-refractivity contribution in [3.05, 3.63) is 33.8 Å². The first-order valence-electron chi connectivity index (χ1n) is 6.38. The molecule has 2 rings (SSSR count).